The SMILES string of the molecule is CC#CCNCCCNCC. The summed E-state index contributed by atoms with van der Waals surface area (Å²) in [6.07, 6.45) is 1.18. The first-order valence-electron chi connectivity index (χ1n) is 4.22. The smallest absolute Gasteiger partial charge is 0.0576 e. The Morgan fingerprint density at radius 3 is 2.55 bits per heavy atom. The first-order chi connectivity index (χ1) is 5.41. The van der Waals surface area contributed by atoms with Crippen molar-refractivity contribution in [3.63, 3.8) is 0 Å². The minimum atomic E-state index is 0.822. The highest BCUT2D eigenvalue weighted by Crippen LogP contribution is 1.71. The average Bonchev–Trinajstić information content (AvgIpc) is 2.03. The van der Waals surface area contributed by atoms with Gasteiger partial charge in [0.25, 0.3) is 0 Å². The Labute approximate surface area is 69.8 Å². The molecule has 0 aliphatic heterocycles. The van der Waals surface area contributed by atoms with Crippen molar-refractivity contribution in [3.8, 4) is 11.8 Å². The first-order valence-corrected chi connectivity index (χ1v) is 4.22. The maximum absolute atomic E-state index is 3.26. The van der Waals surface area contributed by atoms with Crippen molar-refractivity contribution in [3.05, 3.63) is 0 Å². The summed E-state index contributed by atoms with van der Waals surface area (Å²) in [5, 5.41) is 6.49. The Morgan fingerprint density at radius 2 is 1.91 bits per heavy atom. The summed E-state index contributed by atoms with van der Waals surface area (Å²) in [7, 11) is 0. The summed E-state index contributed by atoms with van der Waals surface area (Å²) in [6.45, 7) is 8.03. The fourth-order valence-corrected chi connectivity index (χ4v) is 0.754. The molecule has 0 radical (unpaired) electrons. The lowest BCUT2D eigenvalue weighted by Crippen LogP contribution is -2.21. The molecule has 2 N–H and O–H groups in total. The third-order valence-electron chi connectivity index (χ3n) is 1.35. The number of hydrogen-bond donors (Lipinski definition) is 2. The van der Waals surface area contributed by atoms with E-state index in [9.17, 15) is 0 Å². The lowest BCUT2D eigenvalue weighted by molar-refractivity contribution is 0.631. The summed E-state index contributed by atoms with van der Waals surface area (Å²) >= 11 is 0. The molecule has 0 amide bonds. The van der Waals surface area contributed by atoms with Crippen molar-refractivity contribution < 1.29 is 0 Å². The quantitative estimate of drug-likeness (QED) is 0.432. The molecule has 0 saturated carbocycles. The number of nitrogens with one attached hydrogen (secondary N) is 2. The molecule has 0 aromatic heterocycles. The second-order valence-corrected chi connectivity index (χ2v) is 2.31. The standard InChI is InChI=1S/C9H18N2/c1-3-5-7-11-9-6-8-10-4-2/h10-11H,4,6-9H2,1-2H3. The third kappa shape index (κ3) is 9.48. The molecule has 0 bridgehead atoms. The van der Waals surface area contributed by atoms with Crippen LogP contribution in [0.25, 0.3) is 0 Å². The molecule has 0 aromatic rings. The zero-order chi connectivity index (χ0) is 8.36. The molecular weight excluding hydrogens is 136 g/mol. The van der Waals surface area contributed by atoms with Crippen molar-refractivity contribution in [1.82, 2.24) is 10.6 Å². The molecule has 2 nitrogen and oxygen atoms in total. The van der Waals surface area contributed by atoms with Crippen LogP contribution in [-0.2, 0) is 0 Å². The lowest BCUT2D eigenvalue weighted by Gasteiger charge is -2.00. The van der Waals surface area contributed by atoms with E-state index < -0.39 is 0 Å². The maximum Gasteiger partial charge on any atom is 0.0576 e. The molecule has 0 atom stereocenters. The van der Waals surface area contributed by atoms with Gasteiger partial charge in [0.1, 0.15) is 0 Å². The molecule has 0 aliphatic carbocycles. The molecule has 0 heterocycles. The first kappa shape index (κ1) is 10.5. The van der Waals surface area contributed by atoms with E-state index in [1.54, 1.807) is 0 Å². The van der Waals surface area contributed by atoms with Gasteiger partial charge in [-0.05, 0) is 33.0 Å². The van der Waals surface area contributed by atoms with E-state index >= 15 is 0 Å². The molecule has 11 heavy (non-hydrogen) atoms. The highest BCUT2D eigenvalue weighted by molar-refractivity contribution is 4.96. The van der Waals surface area contributed by atoms with E-state index in [2.05, 4.69) is 29.4 Å². The van der Waals surface area contributed by atoms with Crippen molar-refractivity contribution in [1.29, 1.82) is 0 Å². The van der Waals surface area contributed by atoms with Gasteiger partial charge < -0.3 is 10.6 Å². The Hall–Kier alpha value is -0.520. The highest BCUT2D eigenvalue weighted by atomic mass is 14.9. The summed E-state index contributed by atoms with van der Waals surface area (Å²) in [5.74, 6) is 5.80. The van der Waals surface area contributed by atoms with Crippen molar-refractivity contribution in [2.75, 3.05) is 26.2 Å². The summed E-state index contributed by atoms with van der Waals surface area (Å²) in [4.78, 5) is 0. The average molecular weight is 154 g/mol. The third-order valence-corrected chi connectivity index (χ3v) is 1.35. The number of hydrogen-bond acceptors (Lipinski definition) is 2. The maximum atomic E-state index is 3.26. The van der Waals surface area contributed by atoms with Gasteiger partial charge >= 0.3 is 0 Å². The van der Waals surface area contributed by atoms with Gasteiger partial charge in [0, 0.05) is 0 Å². The van der Waals surface area contributed by atoms with Crippen LogP contribution in [0.4, 0.5) is 0 Å². The van der Waals surface area contributed by atoms with Crippen LogP contribution in [0, 0.1) is 11.8 Å². The van der Waals surface area contributed by atoms with Gasteiger partial charge in [-0.25, -0.2) is 0 Å². The zero-order valence-electron chi connectivity index (χ0n) is 7.54. The van der Waals surface area contributed by atoms with Gasteiger partial charge in [-0.15, -0.1) is 5.92 Å². The predicted molar refractivity (Wildman–Crippen MR) is 49.5 cm³/mol. The minimum Gasteiger partial charge on any atom is -0.317 e. The van der Waals surface area contributed by atoms with Gasteiger partial charge in [-0.1, -0.05) is 12.8 Å². The van der Waals surface area contributed by atoms with E-state index in [-0.39, 0.29) is 0 Å². The lowest BCUT2D eigenvalue weighted by atomic mass is 10.4. The largest absolute Gasteiger partial charge is 0.317 e. The van der Waals surface area contributed by atoms with Gasteiger partial charge in [-0.3, -0.25) is 0 Å². The fourth-order valence-electron chi connectivity index (χ4n) is 0.754. The van der Waals surface area contributed by atoms with Crippen LogP contribution in [0.3, 0.4) is 0 Å². The molecule has 2 heteroatoms. The van der Waals surface area contributed by atoms with Gasteiger partial charge in [0.15, 0.2) is 0 Å². The second-order valence-electron chi connectivity index (χ2n) is 2.31. The van der Waals surface area contributed by atoms with Crippen molar-refractivity contribution in [2.24, 2.45) is 0 Å². The molecule has 0 saturated heterocycles. The van der Waals surface area contributed by atoms with E-state index in [1.165, 1.54) is 6.42 Å². The number of rotatable bonds is 6. The molecule has 0 rings (SSSR count). The van der Waals surface area contributed by atoms with Gasteiger partial charge in [-0.2, -0.15) is 0 Å². The van der Waals surface area contributed by atoms with E-state index in [4.69, 9.17) is 0 Å². The Balaban J connectivity index is 2.83. The molecular formula is C9H18N2. The molecule has 0 aliphatic rings. The molecule has 0 aromatic carbocycles. The fraction of sp³-hybridized carbons (Fsp3) is 0.778. The molecule has 0 fully saturated rings. The zero-order valence-corrected chi connectivity index (χ0v) is 7.54. The monoisotopic (exact) mass is 154 g/mol. The summed E-state index contributed by atoms with van der Waals surface area (Å²) < 4.78 is 0. The van der Waals surface area contributed by atoms with Crippen LogP contribution < -0.4 is 10.6 Å². The highest BCUT2D eigenvalue weighted by Gasteiger charge is 1.83. The summed E-state index contributed by atoms with van der Waals surface area (Å²) in [6, 6.07) is 0. The van der Waals surface area contributed by atoms with Crippen LogP contribution in [0.15, 0.2) is 0 Å². The van der Waals surface area contributed by atoms with E-state index in [0.717, 1.165) is 26.2 Å². The van der Waals surface area contributed by atoms with Crippen LogP contribution in [0.2, 0.25) is 0 Å². The van der Waals surface area contributed by atoms with E-state index in [0.29, 0.717) is 0 Å². The minimum absolute atomic E-state index is 0.822. The van der Waals surface area contributed by atoms with Gasteiger partial charge in [0.05, 0.1) is 6.54 Å². The summed E-state index contributed by atoms with van der Waals surface area (Å²) in [5.41, 5.74) is 0. The van der Waals surface area contributed by atoms with Crippen molar-refractivity contribution >= 4 is 0 Å². The van der Waals surface area contributed by atoms with Gasteiger partial charge in [0.2, 0.25) is 0 Å². The Kier molecular flexibility index (Phi) is 9.03. The predicted octanol–water partition coefficient (Wildman–Crippen LogP) is 0.599. The van der Waals surface area contributed by atoms with Crippen LogP contribution in [0.5, 0.6) is 0 Å². The molecule has 64 valence electrons. The van der Waals surface area contributed by atoms with Crippen LogP contribution in [0.1, 0.15) is 20.3 Å². The topological polar surface area (TPSA) is 24.1 Å². The Bertz CT molecular complexity index is 121. The van der Waals surface area contributed by atoms with E-state index in [1.807, 2.05) is 6.92 Å². The second kappa shape index (κ2) is 9.48. The van der Waals surface area contributed by atoms with Crippen LogP contribution in [-0.4, -0.2) is 26.2 Å². The Morgan fingerprint density at radius 1 is 1.18 bits per heavy atom. The van der Waals surface area contributed by atoms with Crippen molar-refractivity contribution in [2.45, 2.75) is 20.3 Å². The molecule has 0 unspecified atom stereocenters. The normalized spacial score (nSPS) is 8.91. The molecule has 0 spiro atoms. The van der Waals surface area contributed by atoms with Crippen LogP contribution >= 0.6 is 0 Å².